The molecule has 184 valence electrons. The Bertz CT molecular complexity index is 1420. The molecular formula is C29H31N5O2. The van der Waals surface area contributed by atoms with Gasteiger partial charge in [0.1, 0.15) is 0 Å². The molecule has 1 aliphatic rings. The number of fused-ring (bicyclic) bond motifs is 1. The fourth-order valence-electron chi connectivity index (χ4n) is 4.57. The Morgan fingerprint density at radius 1 is 0.889 bits per heavy atom. The molecule has 0 saturated carbocycles. The summed E-state index contributed by atoms with van der Waals surface area (Å²) in [4.78, 5) is 35.0. The van der Waals surface area contributed by atoms with Crippen LogP contribution in [-0.2, 0) is 13.0 Å². The van der Waals surface area contributed by atoms with Crippen LogP contribution in [0.4, 0.5) is 16.3 Å². The monoisotopic (exact) mass is 481 g/mol. The van der Waals surface area contributed by atoms with Gasteiger partial charge in [0.2, 0.25) is 0 Å². The van der Waals surface area contributed by atoms with Crippen molar-refractivity contribution < 1.29 is 4.79 Å². The molecule has 0 atom stereocenters. The first-order chi connectivity index (χ1) is 17.5. The summed E-state index contributed by atoms with van der Waals surface area (Å²) < 4.78 is 1.81. The van der Waals surface area contributed by atoms with Crippen molar-refractivity contribution in [2.45, 2.75) is 26.8 Å². The lowest BCUT2D eigenvalue weighted by Gasteiger charge is -2.35. The number of carbonyl (C=O) groups excluding carboxylic acids is 1. The summed E-state index contributed by atoms with van der Waals surface area (Å²) in [5.41, 5.74) is 5.77. The fourth-order valence-corrected chi connectivity index (χ4v) is 4.57. The number of aromatic nitrogens is 2. The van der Waals surface area contributed by atoms with Crippen LogP contribution in [0.2, 0.25) is 0 Å². The third-order valence-corrected chi connectivity index (χ3v) is 6.78. The van der Waals surface area contributed by atoms with E-state index in [2.05, 4.69) is 43.4 Å². The maximum Gasteiger partial charge on any atom is 0.321 e. The summed E-state index contributed by atoms with van der Waals surface area (Å²) in [6, 6.07) is 23.8. The van der Waals surface area contributed by atoms with E-state index in [1.54, 1.807) is 9.47 Å². The number of para-hydroxylation sites is 2. The smallest absolute Gasteiger partial charge is 0.321 e. The van der Waals surface area contributed by atoms with Gasteiger partial charge in [-0.15, -0.1) is 0 Å². The van der Waals surface area contributed by atoms with Gasteiger partial charge in [-0.25, -0.2) is 9.78 Å². The molecule has 0 radical (unpaired) electrons. The van der Waals surface area contributed by atoms with Crippen LogP contribution in [-0.4, -0.2) is 46.7 Å². The third kappa shape index (κ3) is 4.96. The van der Waals surface area contributed by atoms with E-state index in [4.69, 9.17) is 4.98 Å². The number of hydrogen-bond donors (Lipinski definition) is 1. The molecule has 36 heavy (non-hydrogen) atoms. The number of rotatable bonds is 5. The van der Waals surface area contributed by atoms with E-state index in [1.807, 2.05) is 53.4 Å². The molecule has 1 aromatic heterocycles. The van der Waals surface area contributed by atoms with Crippen LogP contribution in [0.5, 0.6) is 0 Å². The van der Waals surface area contributed by atoms with E-state index in [0.29, 0.717) is 38.5 Å². The first kappa shape index (κ1) is 23.6. The molecule has 1 N–H and O–H groups in total. The zero-order chi connectivity index (χ0) is 25.1. The van der Waals surface area contributed by atoms with E-state index in [0.717, 1.165) is 28.7 Å². The van der Waals surface area contributed by atoms with E-state index >= 15 is 0 Å². The second-order valence-electron chi connectivity index (χ2n) is 9.26. The van der Waals surface area contributed by atoms with Gasteiger partial charge in [-0.05, 0) is 48.7 Å². The number of amides is 2. The highest BCUT2D eigenvalue weighted by Crippen LogP contribution is 2.18. The number of nitrogens with one attached hydrogen (secondary N) is 1. The van der Waals surface area contributed by atoms with Gasteiger partial charge < -0.3 is 15.1 Å². The summed E-state index contributed by atoms with van der Waals surface area (Å²) in [6.07, 6.45) is 0.964. The molecule has 7 nitrogen and oxygen atoms in total. The van der Waals surface area contributed by atoms with Crippen molar-refractivity contribution in [3.63, 3.8) is 0 Å². The summed E-state index contributed by atoms with van der Waals surface area (Å²) in [5, 5.41) is 2.98. The molecule has 3 aromatic carbocycles. The molecular weight excluding hydrogens is 450 g/mol. The van der Waals surface area contributed by atoms with Gasteiger partial charge in [0.25, 0.3) is 5.56 Å². The molecule has 4 aromatic rings. The minimum Gasteiger partial charge on any atom is -0.348 e. The molecule has 1 aliphatic heterocycles. The van der Waals surface area contributed by atoms with Gasteiger partial charge in [0.05, 0.1) is 17.6 Å². The first-order valence-electron chi connectivity index (χ1n) is 12.5. The highest BCUT2D eigenvalue weighted by atomic mass is 16.2. The van der Waals surface area contributed by atoms with Gasteiger partial charge in [0.15, 0.2) is 5.82 Å². The van der Waals surface area contributed by atoms with Crippen LogP contribution in [0.15, 0.2) is 77.6 Å². The zero-order valence-electron chi connectivity index (χ0n) is 20.8. The largest absolute Gasteiger partial charge is 0.348 e. The Balaban J connectivity index is 1.34. The lowest BCUT2D eigenvalue weighted by Crippen LogP contribution is -2.51. The second-order valence-corrected chi connectivity index (χ2v) is 9.26. The number of benzene rings is 3. The molecule has 2 amide bonds. The van der Waals surface area contributed by atoms with Crippen molar-refractivity contribution in [2.24, 2.45) is 0 Å². The maximum atomic E-state index is 13.6. The molecule has 2 heterocycles. The Hall–Kier alpha value is -4.13. The molecule has 0 aliphatic carbocycles. The minimum absolute atomic E-state index is 0.108. The molecule has 1 saturated heterocycles. The van der Waals surface area contributed by atoms with Crippen LogP contribution in [0, 0.1) is 6.92 Å². The van der Waals surface area contributed by atoms with Crippen LogP contribution in [0.3, 0.4) is 0 Å². The topological polar surface area (TPSA) is 70.5 Å². The summed E-state index contributed by atoms with van der Waals surface area (Å²) in [6.45, 7) is 6.77. The minimum atomic E-state index is -0.123. The molecule has 5 rings (SSSR count). The predicted octanol–water partition coefficient (Wildman–Crippen LogP) is 4.67. The average Bonchev–Trinajstić information content (AvgIpc) is 2.92. The average molecular weight is 482 g/mol. The first-order valence-corrected chi connectivity index (χ1v) is 12.5. The van der Waals surface area contributed by atoms with Crippen LogP contribution in [0.1, 0.15) is 23.6 Å². The van der Waals surface area contributed by atoms with Gasteiger partial charge in [-0.3, -0.25) is 9.36 Å². The molecule has 0 unspecified atom stereocenters. The number of carbonyl (C=O) groups is 1. The number of urea groups is 1. The lowest BCUT2D eigenvalue weighted by atomic mass is 10.1. The number of piperazine rings is 1. The Labute approximate surface area is 211 Å². The fraction of sp³-hybridized carbons (Fsp3) is 0.276. The van der Waals surface area contributed by atoms with Crippen molar-refractivity contribution in [2.75, 3.05) is 36.4 Å². The molecule has 0 bridgehead atoms. The van der Waals surface area contributed by atoms with Crippen molar-refractivity contribution in [3.8, 4) is 0 Å². The van der Waals surface area contributed by atoms with E-state index in [9.17, 15) is 9.59 Å². The van der Waals surface area contributed by atoms with Crippen LogP contribution >= 0.6 is 0 Å². The lowest BCUT2D eigenvalue weighted by molar-refractivity contribution is 0.208. The Kier molecular flexibility index (Phi) is 6.71. The maximum absolute atomic E-state index is 13.6. The summed E-state index contributed by atoms with van der Waals surface area (Å²) in [7, 11) is 0. The summed E-state index contributed by atoms with van der Waals surface area (Å²) >= 11 is 0. The number of hydrogen-bond acceptors (Lipinski definition) is 4. The van der Waals surface area contributed by atoms with Gasteiger partial charge in [-0.1, -0.05) is 61.0 Å². The normalized spacial score (nSPS) is 13.7. The predicted molar refractivity (Wildman–Crippen MR) is 145 cm³/mol. The molecule has 1 fully saturated rings. The molecule has 7 heteroatoms. The van der Waals surface area contributed by atoms with Crippen LogP contribution in [0.25, 0.3) is 11.0 Å². The van der Waals surface area contributed by atoms with Crippen LogP contribution < -0.4 is 15.8 Å². The van der Waals surface area contributed by atoms with Crippen molar-refractivity contribution >= 4 is 28.6 Å². The van der Waals surface area contributed by atoms with Crippen molar-refractivity contribution in [1.29, 1.82) is 0 Å². The molecule has 0 spiro atoms. The Morgan fingerprint density at radius 3 is 2.25 bits per heavy atom. The van der Waals surface area contributed by atoms with Gasteiger partial charge >= 0.3 is 6.03 Å². The highest BCUT2D eigenvalue weighted by Gasteiger charge is 2.25. The Morgan fingerprint density at radius 2 is 1.56 bits per heavy atom. The zero-order valence-corrected chi connectivity index (χ0v) is 20.8. The van der Waals surface area contributed by atoms with E-state index in [-0.39, 0.29) is 11.6 Å². The van der Waals surface area contributed by atoms with E-state index < -0.39 is 0 Å². The van der Waals surface area contributed by atoms with Gasteiger partial charge in [-0.2, -0.15) is 0 Å². The standard InChI is InChI=1S/C29H31N5O2/c1-3-22-12-14-24(15-13-22)30-29(36)33-18-16-32(17-19-33)27-28(35)34(20-23-10-8-21(2)9-11-23)26-7-5-4-6-25(26)31-27/h4-15H,3,16-20H2,1-2H3,(H,30,36). The van der Waals surface area contributed by atoms with Crippen molar-refractivity contribution in [3.05, 3.63) is 99.8 Å². The number of aryl methyl sites for hydroxylation is 2. The van der Waals surface area contributed by atoms with Gasteiger partial charge in [0, 0.05) is 31.9 Å². The van der Waals surface area contributed by atoms with Crippen molar-refractivity contribution in [1.82, 2.24) is 14.5 Å². The second kappa shape index (κ2) is 10.2. The summed E-state index contributed by atoms with van der Waals surface area (Å²) in [5.74, 6) is 0.441. The highest BCUT2D eigenvalue weighted by molar-refractivity contribution is 5.89. The number of anilines is 2. The quantitative estimate of drug-likeness (QED) is 0.450. The third-order valence-electron chi connectivity index (χ3n) is 6.78. The number of nitrogens with zero attached hydrogens (tertiary/aromatic N) is 4. The SMILES string of the molecule is CCc1ccc(NC(=O)N2CCN(c3nc4ccccc4n(Cc4ccc(C)cc4)c3=O)CC2)cc1. The van der Waals surface area contributed by atoms with E-state index in [1.165, 1.54) is 11.1 Å².